The highest BCUT2D eigenvalue weighted by Crippen LogP contribution is 2.32. The molecule has 0 unspecified atom stereocenters. The molecule has 3 aromatic rings. The van der Waals surface area contributed by atoms with Crippen LogP contribution in [0.4, 0.5) is 5.69 Å². The highest BCUT2D eigenvalue weighted by molar-refractivity contribution is 7.81. The zero-order valence-corrected chi connectivity index (χ0v) is 17.0. The third-order valence-electron chi connectivity index (χ3n) is 4.40. The predicted molar refractivity (Wildman–Crippen MR) is 115 cm³/mol. The van der Waals surface area contributed by atoms with E-state index < -0.39 is 0 Å². The van der Waals surface area contributed by atoms with Crippen LogP contribution in [0.15, 0.2) is 36.4 Å². The van der Waals surface area contributed by atoms with Gasteiger partial charge in [-0.05, 0) is 26.8 Å². The third-order valence-corrected chi connectivity index (χ3v) is 4.81. The first-order valence-corrected chi connectivity index (χ1v) is 9.64. The number of fused-ring (bicyclic) bond motifs is 1. The number of aromatic nitrogens is 2. The van der Waals surface area contributed by atoms with Crippen molar-refractivity contribution in [1.29, 1.82) is 0 Å². The van der Waals surface area contributed by atoms with Gasteiger partial charge in [0, 0.05) is 37.0 Å². The molecule has 0 spiro atoms. The molecule has 6 heteroatoms. The van der Waals surface area contributed by atoms with Gasteiger partial charge in [0.1, 0.15) is 5.82 Å². The maximum absolute atomic E-state index is 5.77. The van der Waals surface area contributed by atoms with Gasteiger partial charge in [-0.25, -0.2) is 4.98 Å². The number of anilines is 1. The zero-order valence-electron chi connectivity index (χ0n) is 16.2. The van der Waals surface area contributed by atoms with Gasteiger partial charge in [-0.2, -0.15) is 0 Å². The molecule has 0 fully saturated rings. The van der Waals surface area contributed by atoms with Crippen LogP contribution in [0, 0.1) is 0 Å². The molecule has 0 amide bonds. The maximum atomic E-state index is 5.77. The number of imidazole rings is 1. The van der Waals surface area contributed by atoms with Gasteiger partial charge < -0.3 is 19.4 Å². The van der Waals surface area contributed by atoms with Crippen molar-refractivity contribution < 1.29 is 9.47 Å². The van der Waals surface area contributed by atoms with Crippen molar-refractivity contribution in [2.45, 2.75) is 20.8 Å². The van der Waals surface area contributed by atoms with Crippen molar-refractivity contribution in [2.24, 2.45) is 0 Å². The third kappa shape index (κ3) is 3.90. The number of benzene rings is 2. The second-order valence-electron chi connectivity index (χ2n) is 6.13. The second-order valence-corrected chi connectivity index (χ2v) is 6.54. The average molecular weight is 384 g/mol. The molecule has 1 heterocycles. The minimum Gasteiger partial charge on any atom is -0.490 e. The van der Waals surface area contributed by atoms with E-state index in [9.17, 15) is 0 Å². The van der Waals surface area contributed by atoms with E-state index in [0.717, 1.165) is 28.8 Å². The summed E-state index contributed by atoms with van der Waals surface area (Å²) in [6.07, 6.45) is 0. The number of nitrogens with one attached hydrogen (secondary N) is 1. The topological polar surface area (TPSA) is 50.4 Å². The molecule has 0 aliphatic carbocycles. The molecule has 0 saturated carbocycles. The van der Waals surface area contributed by atoms with Crippen LogP contribution in [0.1, 0.15) is 32.2 Å². The molecular formula is C21H25N3O2S. The summed E-state index contributed by atoms with van der Waals surface area (Å²) in [5, 5.41) is 0. The Kier molecular flexibility index (Phi) is 5.96. The Morgan fingerprint density at radius 2 is 1.74 bits per heavy atom. The normalized spacial score (nSPS) is 10.8. The van der Waals surface area contributed by atoms with Gasteiger partial charge in [0.2, 0.25) is 0 Å². The summed E-state index contributed by atoms with van der Waals surface area (Å²) in [6.45, 7) is 8.06. The molecule has 1 aromatic heterocycles. The zero-order chi connectivity index (χ0) is 19.4. The average Bonchev–Trinajstić information content (AvgIpc) is 3.10. The highest BCUT2D eigenvalue weighted by Gasteiger charge is 2.17. The summed E-state index contributed by atoms with van der Waals surface area (Å²) in [4.78, 5) is 10.9. The maximum Gasteiger partial charge on any atom is 0.163 e. The van der Waals surface area contributed by atoms with Crippen LogP contribution < -0.4 is 14.4 Å². The van der Waals surface area contributed by atoms with Crippen LogP contribution in [0.3, 0.4) is 0 Å². The lowest BCUT2D eigenvalue weighted by Crippen LogP contribution is -2.19. The van der Waals surface area contributed by atoms with E-state index in [1.54, 1.807) is 0 Å². The van der Waals surface area contributed by atoms with Gasteiger partial charge >= 0.3 is 0 Å². The van der Waals surface area contributed by atoms with Crippen molar-refractivity contribution in [1.82, 2.24) is 9.97 Å². The number of ether oxygens (including phenoxy) is 2. The van der Waals surface area contributed by atoms with Crippen molar-refractivity contribution in [3.05, 3.63) is 47.8 Å². The quantitative estimate of drug-likeness (QED) is 0.456. The molecule has 0 radical (unpaired) electrons. The van der Waals surface area contributed by atoms with Gasteiger partial charge in [0.05, 0.1) is 29.1 Å². The monoisotopic (exact) mass is 383 g/mol. The fourth-order valence-electron chi connectivity index (χ4n) is 2.96. The Morgan fingerprint density at radius 3 is 2.41 bits per heavy atom. The molecule has 3 rings (SSSR count). The smallest absolute Gasteiger partial charge is 0.163 e. The van der Waals surface area contributed by atoms with E-state index in [4.69, 9.17) is 26.7 Å². The lowest BCUT2D eigenvalue weighted by atomic mass is 10.1. The molecule has 0 atom stereocenters. The van der Waals surface area contributed by atoms with E-state index in [-0.39, 0.29) is 0 Å². The van der Waals surface area contributed by atoms with Crippen LogP contribution in [0.5, 0.6) is 11.5 Å². The van der Waals surface area contributed by atoms with Crippen LogP contribution in [0.2, 0.25) is 0 Å². The van der Waals surface area contributed by atoms with Crippen molar-refractivity contribution in [3.8, 4) is 11.5 Å². The number of hydrogen-bond donors (Lipinski definition) is 1. The summed E-state index contributed by atoms with van der Waals surface area (Å²) >= 11 is 5.77. The van der Waals surface area contributed by atoms with Gasteiger partial charge in [0.25, 0.3) is 0 Å². The lowest BCUT2D eigenvalue weighted by Gasteiger charge is -2.20. The molecule has 0 saturated heterocycles. The van der Waals surface area contributed by atoms with Crippen molar-refractivity contribution in [3.63, 3.8) is 0 Å². The van der Waals surface area contributed by atoms with E-state index in [0.29, 0.717) is 35.4 Å². The molecule has 0 bridgehead atoms. The molecule has 1 N–H and O–H groups in total. The van der Waals surface area contributed by atoms with Crippen LogP contribution in [-0.2, 0) is 0 Å². The minimum absolute atomic E-state index is 0.567. The number of aromatic amines is 1. The van der Waals surface area contributed by atoms with Crippen molar-refractivity contribution in [2.75, 3.05) is 31.7 Å². The first-order valence-electron chi connectivity index (χ1n) is 9.23. The Labute approximate surface area is 165 Å². The fourth-order valence-corrected chi connectivity index (χ4v) is 3.23. The second kappa shape index (κ2) is 8.39. The summed E-state index contributed by atoms with van der Waals surface area (Å²) in [7, 11) is 2.06. The Balaban J connectivity index is 2.04. The van der Waals surface area contributed by atoms with Crippen molar-refractivity contribution >= 4 is 33.8 Å². The molecule has 0 aliphatic heterocycles. The van der Waals surface area contributed by atoms with E-state index >= 15 is 0 Å². The molecule has 142 valence electrons. The number of H-pyrrole nitrogens is 1. The van der Waals surface area contributed by atoms with E-state index in [2.05, 4.69) is 29.9 Å². The van der Waals surface area contributed by atoms with Crippen LogP contribution in [0.25, 0.3) is 11.0 Å². The largest absolute Gasteiger partial charge is 0.490 e. The molecular weight excluding hydrogens is 358 g/mol. The predicted octanol–water partition coefficient (Wildman–Crippen LogP) is 4.58. The summed E-state index contributed by atoms with van der Waals surface area (Å²) in [5.74, 6) is 2.08. The molecule has 2 aromatic carbocycles. The van der Waals surface area contributed by atoms with Gasteiger partial charge in [-0.15, -0.1) is 0 Å². The first-order chi connectivity index (χ1) is 13.1. The van der Waals surface area contributed by atoms with Gasteiger partial charge in [-0.3, -0.25) is 0 Å². The first kappa shape index (κ1) is 19.2. The lowest BCUT2D eigenvalue weighted by molar-refractivity contribution is 0.288. The van der Waals surface area contributed by atoms with E-state index in [1.165, 1.54) is 0 Å². The minimum atomic E-state index is 0.567. The van der Waals surface area contributed by atoms with Gasteiger partial charge in [0.15, 0.2) is 11.5 Å². The summed E-state index contributed by atoms with van der Waals surface area (Å²) in [6, 6.07) is 12.0. The standard InChI is InChI=1S/C21H25N3O2S/c1-5-24(4)17-11-9-8-10-14(17)20(27)21-22-15-12-18(25-6-2)19(26-7-3)13-16(15)23-21/h8-13H,5-7H2,1-4H3,(H,22,23). The van der Waals surface area contributed by atoms with Gasteiger partial charge in [-0.1, -0.05) is 30.4 Å². The Hall–Kier alpha value is -2.60. The Morgan fingerprint density at radius 1 is 1.07 bits per heavy atom. The summed E-state index contributed by atoms with van der Waals surface area (Å²) in [5.41, 5.74) is 3.77. The number of thiocarbonyl (C=S) groups is 1. The van der Waals surface area contributed by atoms with Crippen LogP contribution >= 0.6 is 12.2 Å². The number of nitrogens with zero attached hydrogens (tertiary/aromatic N) is 2. The highest BCUT2D eigenvalue weighted by atomic mass is 32.1. The number of para-hydroxylation sites is 1. The van der Waals surface area contributed by atoms with Crippen LogP contribution in [-0.4, -0.2) is 41.6 Å². The molecule has 0 aliphatic rings. The van der Waals surface area contributed by atoms with E-state index in [1.807, 2.05) is 44.2 Å². The number of hydrogen-bond acceptors (Lipinski definition) is 5. The number of rotatable bonds is 8. The summed E-state index contributed by atoms with van der Waals surface area (Å²) < 4.78 is 11.4. The molecule has 27 heavy (non-hydrogen) atoms. The Bertz CT molecular complexity index is 909. The fraction of sp³-hybridized carbons (Fsp3) is 0.333. The SMILES string of the molecule is CCOc1cc2nc(C(=S)c3ccccc3N(C)CC)[nH]c2cc1OCC. The molecule has 5 nitrogen and oxygen atoms in total.